The molecule has 0 aliphatic rings. The molecule has 4 nitrogen and oxygen atoms in total. The summed E-state index contributed by atoms with van der Waals surface area (Å²) in [7, 11) is 0. The standard InChI is InChI=1S/C26H50O4/c1-8-9-10-11-12-13-14-15-16-17-18-22(24(28)30-21-26(5,6)7)19-23(27)29-20-25(2,3)4/h22H,8-21H2,1-7H3. The summed E-state index contributed by atoms with van der Waals surface area (Å²) < 4.78 is 10.9. The van der Waals surface area contributed by atoms with E-state index in [2.05, 4.69) is 6.92 Å². The van der Waals surface area contributed by atoms with Gasteiger partial charge in [0, 0.05) is 0 Å². The Morgan fingerprint density at radius 1 is 0.667 bits per heavy atom. The molecule has 0 bridgehead atoms. The van der Waals surface area contributed by atoms with Crippen molar-refractivity contribution in [1.29, 1.82) is 0 Å². The minimum atomic E-state index is -0.395. The van der Waals surface area contributed by atoms with Crippen molar-refractivity contribution in [2.24, 2.45) is 16.7 Å². The zero-order valence-corrected chi connectivity index (χ0v) is 21.1. The molecule has 0 heterocycles. The fourth-order valence-electron chi connectivity index (χ4n) is 3.14. The molecule has 0 aliphatic heterocycles. The lowest BCUT2D eigenvalue weighted by Crippen LogP contribution is -2.27. The van der Waals surface area contributed by atoms with Crippen molar-refractivity contribution in [3.63, 3.8) is 0 Å². The summed E-state index contributed by atoms with van der Waals surface area (Å²) in [5.41, 5.74) is -0.154. The molecule has 30 heavy (non-hydrogen) atoms. The quantitative estimate of drug-likeness (QED) is 0.189. The van der Waals surface area contributed by atoms with Crippen LogP contribution in [-0.4, -0.2) is 25.2 Å². The van der Waals surface area contributed by atoms with Crippen LogP contribution in [0.1, 0.15) is 126 Å². The molecule has 0 spiro atoms. The van der Waals surface area contributed by atoms with E-state index in [0.717, 1.165) is 12.8 Å². The minimum Gasteiger partial charge on any atom is -0.465 e. The SMILES string of the molecule is CCCCCCCCCCCCC(CC(=O)OCC(C)(C)C)C(=O)OCC(C)(C)C. The van der Waals surface area contributed by atoms with Gasteiger partial charge in [-0.2, -0.15) is 0 Å². The van der Waals surface area contributed by atoms with Gasteiger partial charge in [0.25, 0.3) is 0 Å². The average molecular weight is 427 g/mol. The Morgan fingerprint density at radius 2 is 1.10 bits per heavy atom. The topological polar surface area (TPSA) is 52.6 Å². The molecule has 0 rings (SSSR count). The van der Waals surface area contributed by atoms with Crippen molar-refractivity contribution in [1.82, 2.24) is 0 Å². The number of hydrogen-bond acceptors (Lipinski definition) is 4. The molecule has 0 aromatic rings. The van der Waals surface area contributed by atoms with Crippen LogP contribution in [0.25, 0.3) is 0 Å². The summed E-state index contributed by atoms with van der Waals surface area (Å²) in [6.45, 7) is 15.2. The van der Waals surface area contributed by atoms with Crippen LogP contribution in [-0.2, 0) is 19.1 Å². The summed E-state index contributed by atoms with van der Waals surface area (Å²) in [6, 6.07) is 0. The summed E-state index contributed by atoms with van der Waals surface area (Å²) in [5.74, 6) is -0.947. The first-order valence-corrected chi connectivity index (χ1v) is 12.3. The fraction of sp³-hybridized carbons (Fsp3) is 0.923. The molecule has 0 radical (unpaired) electrons. The minimum absolute atomic E-state index is 0.0750. The fourth-order valence-corrected chi connectivity index (χ4v) is 3.14. The van der Waals surface area contributed by atoms with E-state index in [0.29, 0.717) is 19.6 Å². The van der Waals surface area contributed by atoms with Crippen LogP contribution < -0.4 is 0 Å². The second-order valence-electron chi connectivity index (χ2n) is 11.3. The van der Waals surface area contributed by atoms with Gasteiger partial charge in [0.2, 0.25) is 0 Å². The van der Waals surface area contributed by atoms with Crippen LogP contribution in [0.3, 0.4) is 0 Å². The molecule has 4 heteroatoms. The Hall–Kier alpha value is -1.06. The highest BCUT2D eigenvalue weighted by molar-refractivity contribution is 5.80. The molecule has 0 fully saturated rings. The average Bonchev–Trinajstić information content (AvgIpc) is 2.63. The number of carbonyl (C=O) groups is 2. The zero-order valence-electron chi connectivity index (χ0n) is 21.1. The van der Waals surface area contributed by atoms with E-state index in [1.807, 2.05) is 41.5 Å². The van der Waals surface area contributed by atoms with Gasteiger partial charge < -0.3 is 9.47 Å². The van der Waals surface area contributed by atoms with Crippen LogP contribution in [0.15, 0.2) is 0 Å². The summed E-state index contributed by atoms with van der Waals surface area (Å²) in [4.78, 5) is 24.8. The van der Waals surface area contributed by atoms with Gasteiger partial charge in [-0.1, -0.05) is 113 Å². The number of unbranched alkanes of at least 4 members (excludes halogenated alkanes) is 9. The van der Waals surface area contributed by atoms with Gasteiger partial charge in [-0.05, 0) is 17.3 Å². The molecular formula is C26H50O4. The van der Waals surface area contributed by atoms with Crippen molar-refractivity contribution >= 4 is 11.9 Å². The van der Waals surface area contributed by atoms with E-state index in [1.54, 1.807) is 0 Å². The van der Waals surface area contributed by atoms with E-state index in [9.17, 15) is 9.59 Å². The van der Waals surface area contributed by atoms with Crippen LogP contribution in [0.5, 0.6) is 0 Å². The van der Waals surface area contributed by atoms with Crippen molar-refractivity contribution in [3.8, 4) is 0 Å². The molecule has 178 valence electrons. The van der Waals surface area contributed by atoms with Crippen molar-refractivity contribution in [2.75, 3.05) is 13.2 Å². The molecule has 0 amide bonds. The maximum atomic E-state index is 12.6. The Labute approximate surface area is 186 Å². The lowest BCUT2D eigenvalue weighted by Gasteiger charge is -2.22. The van der Waals surface area contributed by atoms with Gasteiger partial charge in [0.05, 0.1) is 25.6 Å². The molecule has 0 saturated carbocycles. The normalized spacial score (nSPS) is 13.2. The van der Waals surface area contributed by atoms with E-state index < -0.39 is 5.92 Å². The highest BCUT2D eigenvalue weighted by atomic mass is 16.5. The van der Waals surface area contributed by atoms with Crippen LogP contribution in [0.4, 0.5) is 0 Å². The Morgan fingerprint density at radius 3 is 1.57 bits per heavy atom. The second kappa shape index (κ2) is 15.7. The Bertz CT molecular complexity index is 457. The second-order valence-corrected chi connectivity index (χ2v) is 11.3. The zero-order chi connectivity index (χ0) is 23.0. The lowest BCUT2D eigenvalue weighted by molar-refractivity contribution is -0.158. The number of carbonyl (C=O) groups excluding carboxylic acids is 2. The monoisotopic (exact) mass is 426 g/mol. The third-order valence-electron chi connectivity index (χ3n) is 4.97. The van der Waals surface area contributed by atoms with E-state index >= 15 is 0 Å². The summed E-state index contributed by atoms with van der Waals surface area (Å²) >= 11 is 0. The van der Waals surface area contributed by atoms with Crippen LogP contribution in [0.2, 0.25) is 0 Å². The first-order chi connectivity index (χ1) is 13.9. The van der Waals surface area contributed by atoms with Crippen molar-refractivity contribution < 1.29 is 19.1 Å². The van der Waals surface area contributed by atoms with Gasteiger partial charge in [-0.15, -0.1) is 0 Å². The summed E-state index contributed by atoms with van der Waals surface area (Å²) in [6.07, 6.45) is 13.3. The largest absolute Gasteiger partial charge is 0.465 e. The molecular weight excluding hydrogens is 376 g/mol. The number of rotatable bonds is 16. The predicted molar refractivity (Wildman–Crippen MR) is 125 cm³/mol. The van der Waals surface area contributed by atoms with E-state index in [1.165, 1.54) is 51.4 Å². The lowest BCUT2D eigenvalue weighted by atomic mass is 9.95. The maximum absolute atomic E-state index is 12.6. The number of ether oxygens (including phenoxy) is 2. The highest BCUT2D eigenvalue weighted by Crippen LogP contribution is 2.21. The van der Waals surface area contributed by atoms with Gasteiger partial charge in [-0.3, -0.25) is 9.59 Å². The third kappa shape index (κ3) is 18.9. The first-order valence-electron chi connectivity index (χ1n) is 12.3. The molecule has 1 atom stereocenters. The van der Waals surface area contributed by atoms with Crippen molar-refractivity contribution in [3.05, 3.63) is 0 Å². The molecule has 0 saturated heterocycles. The third-order valence-corrected chi connectivity index (χ3v) is 4.97. The van der Waals surface area contributed by atoms with E-state index in [4.69, 9.17) is 9.47 Å². The van der Waals surface area contributed by atoms with Gasteiger partial charge in [0.15, 0.2) is 0 Å². The number of hydrogen-bond donors (Lipinski definition) is 0. The van der Waals surface area contributed by atoms with E-state index in [-0.39, 0.29) is 29.2 Å². The predicted octanol–water partition coefficient (Wildman–Crippen LogP) is 7.48. The van der Waals surface area contributed by atoms with Gasteiger partial charge in [-0.25, -0.2) is 0 Å². The van der Waals surface area contributed by atoms with Crippen LogP contribution >= 0.6 is 0 Å². The maximum Gasteiger partial charge on any atom is 0.309 e. The first kappa shape index (κ1) is 28.9. The highest BCUT2D eigenvalue weighted by Gasteiger charge is 2.26. The van der Waals surface area contributed by atoms with Crippen molar-refractivity contribution in [2.45, 2.75) is 126 Å². The van der Waals surface area contributed by atoms with Gasteiger partial charge in [0.1, 0.15) is 0 Å². The molecule has 0 aromatic heterocycles. The Balaban J connectivity index is 4.32. The van der Waals surface area contributed by atoms with Gasteiger partial charge >= 0.3 is 11.9 Å². The van der Waals surface area contributed by atoms with Crippen LogP contribution in [0, 0.1) is 16.7 Å². The smallest absolute Gasteiger partial charge is 0.309 e. The molecule has 0 N–H and O–H groups in total. The number of esters is 2. The molecule has 0 aliphatic carbocycles. The summed E-state index contributed by atoms with van der Waals surface area (Å²) in [5, 5.41) is 0. The molecule has 1 unspecified atom stereocenters. The molecule has 0 aromatic carbocycles. The Kier molecular flexibility index (Phi) is 15.1.